The van der Waals surface area contributed by atoms with Crippen LogP contribution in [0.1, 0.15) is 18.4 Å². The molecule has 0 saturated carbocycles. The third-order valence-electron chi connectivity index (χ3n) is 4.27. The normalized spacial score (nSPS) is 16.7. The van der Waals surface area contributed by atoms with Gasteiger partial charge >= 0.3 is 6.01 Å². The molecular formula is C19H21N5O2. The van der Waals surface area contributed by atoms with Crippen molar-refractivity contribution in [2.75, 3.05) is 13.2 Å². The number of benzene rings is 2. The smallest absolute Gasteiger partial charge is 0.345 e. The van der Waals surface area contributed by atoms with Crippen LogP contribution < -0.4 is 10.1 Å². The van der Waals surface area contributed by atoms with E-state index in [9.17, 15) is 0 Å². The summed E-state index contributed by atoms with van der Waals surface area (Å²) in [5.74, 6) is 0.702. The fraction of sp³-hybridized carbons (Fsp3) is 0.316. The second-order valence-corrected chi connectivity index (χ2v) is 6.22. The first-order valence-corrected chi connectivity index (χ1v) is 8.81. The number of nitrogens with zero attached hydrogens (tertiary/aromatic N) is 4. The van der Waals surface area contributed by atoms with Gasteiger partial charge in [0.05, 0.1) is 11.8 Å². The summed E-state index contributed by atoms with van der Waals surface area (Å²) in [5, 5.41) is 15.1. The van der Waals surface area contributed by atoms with Gasteiger partial charge < -0.3 is 14.8 Å². The van der Waals surface area contributed by atoms with Gasteiger partial charge in [-0.25, -0.2) is 0 Å². The third kappa shape index (κ3) is 4.07. The maximum absolute atomic E-state index is 5.90. The Morgan fingerprint density at radius 2 is 2.08 bits per heavy atom. The Bertz CT molecular complexity index is 831. The van der Waals surface area contributed by atoms with E-state index in [1.807, 2.05) is 48.5 Å². The Balaban J connectivity index is 1.40. The number of tetrazole rings is 1. The highest BCUT2D eigenvalue weighted by atomic mass is 16.5. The van der Waals surface area contributed by atoms with Crippen molar-refractivity contribution in [1.82, 2.24) is 25.5 Å². The molecule has 1 unspecified atom stereocenters. The van der Waals surface area contributed by atoms with Gasteiger partial charge in [-0.1, -0.05) is 35.4 Å². The van der Waals surface area contributed by atoms with Crippen LogP contribution in [-0.2, 0) is 11.3 Å². The topological polar surface area (TPSA) is 74.1 Å². The highest BCUT2D eigenvalue weighted by Gasteiger charge is 2.14. The van der Waals surface area contributed by atoms with Gasteiger partial charge in [-0.2, -0.15) is 4.68 Å². The van der Waals surface area contributed by atoms with Crippen molar-refractivity contribution in [3.05, 3.63) is 60.2 Å². The van der Waals surface area contributed by atoms with Crippen molar-refractivity contribution < 1.29 is 9.47 Å². The number of rotatable bonds is 7. The van der Waals surface area contributed by atoms with E-state index >= 15 is 0 Å². The molecule has 1 N–H and O–H groups in total. The largest absolute Gasteiger partial charge is 0.423 e. The molecule has 7 nitrogen and oxygen atoms in total. The van der Waals surface area contributed by atoms with Gasteiger partial charge in [-0.05, 0) is 53.1 Å². The van der Waals surface area contributed by atoms with Crippen LogP contribution >= 0.6 is 0 Å². The summed E-state index contributed by atoms with van der Waals surface area (Å²) in [4.78, 5) is 0. The number of aromatic nitrogens is 4. The minimum atomic E-state index is 0.334. The Hall–Kier alpha value is -2.77. The van der Waals surface area contributed by atoms with Crippen molar-refractivity contribution in [3.8, 4) is 17.4 Å². The van der Waals surface area contributed by atoms with E-state index in [1.54, 1.807) is 4.68 Å². The standard InChI is InChI=1S/C19H21N5O2/c1-2-7-16(8-3-1)24-19(21-22-23-24)26-17-9-4-6-15(12-17)13-20-14-18-10-5-11-25-18/h1-4,6-9,12,18,20H,5,10-11,13-14H2. The molecule has 1 atom stereocenters. The lowest BCUT2D eigenvalue weighted by Crippen LogP contribution is -2.25. The first kappa shape index (κ1) is 16.7. The van der Waals surface area contributed by atoms with E-state index in [0.29, 0.717) is 17.9 Å². The minimum Gasteiger partial charge on any atom is -0.423 e. The number of hydrogen-bond donors (Lipinski definition) is 1. The lowest BCUT2D eigenvalue weighted by molar-refractivity contribution is 0.110. The molecule has 0 amide bonds. The highest BCUT2D eigenvalue weighted by Crippen LogP contribution is 2.22. The number of para-hydroxylation sites is 1. The summed E-state index contributed by atoms with van der Waals surface area (Å²) in [5.41, 5.74) is 1.99. The monoisotopic (exact) mass is 351 g/mol. The Labute approximate surface area is 151 Å². The molecule has 0 aliphatic carbocycles. The zero-order valence-corrected chi connectivity index (χ0v) is 14.4. The molecule has 26 heavy (non-hydrogen) atoms. The molecule has 1 saturated heterocycles. The molecule has 3 aromatic rings. The summed E-state index contributed by atoms with van der Waals surface area (Å²) >= 11 is 0. The van der Waals surface area contributed by atoms with Crippen molar-refractivity contribution in [3.63, 3.8) is 0 Å². The van der Waals surface area contributed by atoms with Gasteiger partial charge in [0.2, 0.25) is 0 Å². The Morgan fingerprint density at radius 3 is 2.92 bits per heavy atom. The summed E-state index contributed by atoms with van der Waals surface area (Å²) in [7, 11) is 0. The first-order chi connectivity index (χ1) is 12.9. The number of hydrogen-bond acceptors (Lipinski definition) is 6. The second kappa shape index (κ2) is 8.07. The van der Waals surface area contributed by atoms with Crippen LogP contribution in [0.2, 0.25) is 0 Å². The van der Waals surface area contributed by atoms with E-state index in [4.69, 9.17) is 9.47 Å². The summed E-state index contributed by atoms with van der Waals surface area (Å²) in [6.45, 7) is 2.52. The maximum Gasteiger partial charge on any atom is 0.345 e. The summed E-state index contributed by atoms with van der Waals surface area (Å²) < 4.78 is 13.1. The fourth-order valence-corrected chi connectivity index (χ4v) is 2.98. The quantitative estimate of drug-likeness (QED) is 0.705. The summed E-state index contributed by atoms with van der Waals surface area (Å²) in [6.07, 6.45) is 2.63. The maximum atomic E-state index is 5.90. The molecule has 4 rings (SSSR count). The van der Waals surface area contributed by atoms with E-state index in [-0.39, 0.29) is 0 Å². The SMILES string of the molecule is c1ccc(-n2nnnc2Oc2cccc(CNCC3CCCO3)c2)cc1. The second-order valence-electron chi connectivity index (χ2n) is 6.22. The van der Waals surface area contributed by atoms with Gasteiger partial charge in [0.15, 0.2) is 0 Å². The van der Waals surface area contributed by atoms with Crippen LogP contribution in [0.15, 0.2) is 54.6 Å². The van der Waals surface area contributed by atoms with Crippen LogP contribution in [0.5, 0.6) is 11.8 Å². The molecule has 7 heteroatoms. The lowest BCUT2D eigenvalue weighted by Gasteiger charge is -2.11. The van der Waals surface area contributed by atoms with Crippen molar-refractivity contribution >= 4 is 0 Å². The number of nitrogens with one attached hydrogen (secondary N) is 1. The molecule has 1 aliphatic rings. The predicted molar refractivity (Wildman–Crippen MR) is 96.4 cm³/mol. The van der Waals surface area contributed by atoms with E-state index < -0.39 is 0 Å². The van der Waals surface area contributed by atoms with Gasteiger partial charge in [0.1, 0.15) is 5.75 Å². The third-order valence-corrected chi connectivity index (χ3v) is 4.27. The molecule has 0 bridgehead atoms. The molecule has 2 aromatic carbocycles. The molecule has 0 radical (unpaired) electrons. The van der Waals surface area contributed by atoms with Crippen molar-refractivity contribution in [2.45, 2.75) is 25.5 Å². The van der Waals surface area contributed by atoms with Crippen LogP contribution in [0.3, 0.4) is 0 Å². The van der Waals surface area contributed by atoms with Crippen molar-refractivity contribution in [1.29, 1.82) is 0 Å². The van der Waals surface area contributed by atoms with Crippen molar-refractivity contribution in [2.24, 2.45) is 0 Å². The first-order valence-electron chi connectivity index (χ1n) is 8.81. The molecule has 1 aliphatic heterocycles. The summed E-state index contributed by atoms with van der Waals surface area (Å²) in [6, 6.07) is 17.9. The molecule has 2 heterocycles. The van der Waals surface area contributed by atoms with E-state index in [2.05, 4.69) is 26.9 Å². The average Bonchev–Trinajstić information content (AvgIpc) is 3.35. The number of ether oxygens (including phenoxy) is 2. The molecule has 0 spiro atoms. The molecule has 1 aromatic heterocycles. The Morgan fingerprint density at radius 1 is 1.15 bits per heavy atom. The van der Waals surface area contributed by atoms with Gasteiger partial charge in [0.25, 0.3) is 0 Å². The zero-order chi connectivity index (χ0) is 17.6. The van der Waals surface area contributed by atoms with E-state index in [1.165, 1.54) is 0 Å². The van der Waals surface area contributed by atoms with Crippen LogP contribution in [0.25, 0.3) is 5.69 Å². The van der Waals surface area contributed by atoms with Crippen LogP contribution in [0, 0.1) is 0 Å². The molecule has 1 fully saturated rings. The van der Waals surface area contributed by atoms with Gasteiger partial charge in [0, 0.05) is 19.7 Å². The van der Waals surface area contributed by atoms with Crippen LogP contribution in [0.4, 0.5) is 0 Å². The van der Waals surface area contributed by atoms with Gasteiger partial charge in [-0.15, -0.1) is 0 Å². The highest BCUT2D eigenvalue weighted by molar-refractivity contribution is 5.34. The minimum absolute atomic E-state index is 0.334. The lowest BCUT2D eigenvalue weighted by atomic mass is 10.2. The fourth-order valence-electron chi connectivity index (χ4n) is 2.98. The van der Waals surface area contributed by atoms with Crippen LogP contribution in [-0.4, -0.2) is 39.5 Å². The zero-order valence-electron chi connectivity index (χ0n) is 14.4. The average molecular weight is 351 g/mol. The van der Waals surface area contributed by atoms with Gasteiger partial charge in [-0.3, -0.25) is 0 Å². The van der Waals surface area contributed by atoms with E-state index in [0.717, 1.165) is 43.8 Å². The molecule has 134 valence electrons. The molecular weight excluding hydrogens is 330 g/mol. The Kier molecular flexibility index (Phi) is 5.18. The predicted octanol–water partition coefficient (Wildman–Crippen LogP) is 2.72.